The third-order valence-corrected chi connectivity index (χ3v) is 1.93. The lowest BCUT2D eigenvalue weighted by Crippen LogP contribution is -2.07. The average Bonchev–Trinajstić information content (AvgIpc) is 2.29. The second-order valence-electron chi connectivity index (χ2n) is 3.27. The van der Waals surface area contributed by atoms with E-state index in [0.717, 1.165) is 24.3 Å². The molecule has 0 aliphatic carbocycles. The van der Waals surface area contributed by atoms with Gasteiger partial charge in [0.2, 0.25) is 0 Å². The van der Waals surface area contributed by atoms with Crippen LogP contribution >= 0.6 is 0 Å². The molecule has 0 amide bonds. The Kier molecular flexibility index (Phi) is 5.81. The first-order chi connectivity index (χ1) is 7.36. The molecule has 0 unspecified atom stereocenters. The minimum absolute atomic E-state index is 0.0452. The van der Waals surface area contributed by atoms with E-state index < -0.39 is 0 Å². The summed E-state index contributed by atoms with van der Waals surface area (Å²) in [5, 5.41) is 8.92. The van der Waals surface area contributed by atoms with Crippen molar-refractivity contribution in [3.05, 3.63) is 29.8 Å². The van der Waals surface area contributed by atoms with Gasteiger partial charge in [-0.25, -0.2) is 0 Å². The molecule has 0 radical (unpaired) electrons. The van der Waals surface area contributed by atoms with Gasteiger partial charge in [0.15, 0.2) is 0 Å². The van der Waals surface area contributed by atoms with Crippen LogP contribution in [0.5, 0.6) is 5.75 Å². The molecule has 0 saturated heterocycles. The Balaban J connectivity index is 2.24. The number of aliphatic hydroxyl groups is 1. The Labute approximate surface area is 90.6 Å². The summed E-state index contributed by atoms with van der Waals surface area (Å²) in [6.07, 6.45) is 1.03. The molecule has 0 spiro atoms. The van der Waals surface area contributed by atoms with Crippen LogP contribution in [0.25, 0.3) is 0 Å². The van der Waals surface area contributed by atoms with Crippen molar-refractivity contribution in [2.45, 2.75) is 20.0 Å². The van der Waals surface area contributed by atoms with Gasteiger partial charge in [-0.1, -0.05) is 19.1 Å². The molecule has 0 bridgehead atoms. The maximum Gasteiger partial charge on any atom is 0.119 e. The molecule has 0 aliphatic rings. The second kappa shape index (κ2) is 7.26. The van der Waals surface area contributed by atoms with Gasteiger partial charge < -0.3 is 14.6 Å². The lowest BCUT2D eigenvalue weighted by Gasteiger charge is -2.07. The van der Waals surface area contributed by atoms with Gasteiger partial charge in [0.25, 0.3) is 0 Å². The molecule has 84 valence electrons. The predicted octanol–water partition coefficient (Wildman–Crippen LogP) is 1.98. The van der Waals surface area contributed by atoms with Crippen LogP contribution in [-0.4, -0.2) is 24.9 Å². The molecule has 1 rings (SSSR count). The Morgan fingerprint density at radius 1 is 1.20 bits per heavy atom. The number of rotatable bonds is 7. The van der Waals surface area contributed by atoms with Crippen molar-refractivity contribution >= 4 is 0 Å². The third kappa shape index (κ3) is 4.81. The topological polar surface area (TPSA) is 38.7 Å². The lowest BCUT2D eigenvalue weighted by molar-refractivity contribution is 0.101. The monoisotopic (exact) mass is 210 g/mol. The van der Waals surface area contributed by atoms with Crippen molar-refractivity contribution in [2.24, 2.45) is 0 Å². The Morgan fingerprint density at radius 2 is 2.07 bits per heavy atom. The Hall–Kier alpha value is -1.06. The number of ether oxygens (including phenoxy) is 2. The van der Waals surface area contributed by atoms with Crippen LogP contribution in [0.4, 0.5) is 0 Å². The van der Waals surface area contributed by atoms with E-state index in [9.17, 15) is 0 Å². The number of benzene rings is 1. The van der Waals surface area contributed by atoms with Gasteiger partial charge in [0, 0.05) is 6.61 Å². The highest BCUT2D eigenvalue weighted by molar-refractivity contribution is 5.27. The third-order valence-electron chi connectivity index (χ3n) is 1.93. The zero-order valence-corrected chi connectivity index (χ0v) is 9.11. The highest BCUT2D eigenvalue weighted by Crippen LogP contribution is 2.12. The molecular formula is C12H18O3. The van der Waals surface area contributed by atoms with Crippen LogP contribution in [-0.2, 0) is 11.3 Å². The zero-order chi connectivity index (χ0) is 10.9. The minimum Gasteiger partial charge on any atom is -0.491 e. The van der Waals surface area contributed by atoms with Crippen molar-refractivity contribution in [1.82, 2.24) is 0 Å². The molecule has 1 N–H and O–H groups in total. The fraction of sp³-hybridized carbons (Fsp3) is 0.500. The predicted molar refractivity (Wildman–Crippen MR) is 59.0 cm³/mol. The van der Waals surface area contributed by atoms with Crippen LogP contribution in [0.1, 0.15) is 18.9 Å². The van der Waals surface area contributed by atoms with Crippen molar-refractivity contribution in [3.8, 4) is 5.75 Å². The molecule has 0 fully saturated rings. The number of hydrogen-bond acceptors (Lipinski definition) is 3. The van der Waals surface area contributed by atoms with Crippen LogP contribution in [0, 0.1) is 0 Å². The fourth-order valence-electron chi connectivity index (χ4n) is 1.20. The number of hydrogen-bond donors (Lipinski definition) is 1. The minimum atomic E-state index is 0.0452. The largest absolute Gasteiger partial charge is 0.491 e. The summed E-state index contributed by atoms with van der Waals surface area (Å²) >= 11 is 0. The molecule has 0 aliphatic heterocycles. The summed E-state index contributed by atoms with van der Waals surface area (Å²) in [7, 11) is 0. The van der Waals surface area contributed by atoms with E-state index in [1.165, 1.54) is 0 Å². The summed E-state index contributed by atoms with van der Waals surface area (Å²) in [6.45, 7) is 4.06. The lowest BCUT2D eigenvalue weighted by atomic mass is 10.2. The van der Waals surface area contributed by atoms with E-state index in [4.69, 9.17) is 14.6 Å². The highest BCUT2D eigenvalue weighted by Gasteiger charge is 1.95. The molecule has 15 heavy (non-hydrogen) atoms. The quantitative estimate of drug-likeness (QED) is 0.699. The molecule has 0 atom stereocenters. The molecule has 0 aromatic heterocycles. The molecular weight excluding hydrogens is 192 g/mol. The van der Waals surface area contributed by atoms with E-state index in [2.05, 4.69) is 6.92 Å². The number of aliphatic hydroxyl groups excluding tert-OH is 1. The van der Waals surface area contributed by atoms with Gasteiger partial charge >= 0.3 is 0 Å². The first kappa shape index (κ1) is 12.0. The molecule has 0 heterocycles. The van der Waals surface area contributed by atoms with E-state index in [-0.39, 0.29) is 6.61 Å². The molecule has 0 saturated carbocycles. The molecule has 1 aromatic rings. The Bertz CT molecular complexity index is 273. The maximum absolute atomic E-state index is 8.92. The maximum atomic E-state index is 8.92. The summed E-state index contributed by atoms with van der Waals surface area (Å²) < 4.78 is 10.7. The van der Waals surface area contributed by atoms with E-state index in [1.54, 1.807) is 0 Å². The first-order valence-corrected chi connectivity index (χ1v) is 5.27. The van der Waals surface area contributed by atoms with Gasteiger partial charge in [-0.2, -0.15) is 0 Å². The standard InChI is InChI=1S/C12H18O3/c1-2-6-14-7-8-15-12-5-3-4-11(9-12)10-13/h3-5,9,13H,2,6-8,10H2,1H3. The molecule has 3 heteroatoms. The van der Waals surface area contributed by atoms with Gasteiger partial charge in [-0.15, -0.1) is 0 Å². The van der Waals surface area contributed by atoms with E-state index >= 15 is 0 Å². The summed E-state index contributed by atoms with van der Waals surface area (Å²) in [5.41, 5.74) is 0.863. The summed E-state index contributed by atoms with van der Waals surface area (Å²) in [6, 6.07) is 7.44. The van der Waals surface area contributed by atoms with Gasteiger partial charge in [0.1, 0.15) is 12.4 Å². The van der Waals surface area contributed by atoms with Crippen LogP contribution in [0.15, 0.2) is 24.3 Å². The summed E-state index contributed by atoms with van der Waals surface area (Å²) in [4.78, 5) is 0. The average molecular weight is 210 g/mol. The van der Waals surface area contributed by atoms with Crippen molar-refractivity contribution in [1.29, 1.82) is 0 Å². The van der Waals surface area contributed by atoms with E-state index in [0.29, 0.717) is 13.2 Å². The summed E-state index contributed by atoms with van der Waals surface area (Å²) in [5.74, 6) is 0.779. The van der Waals surface area contributed by atoms with Crippen LogP contribution < -0.4 is 4.74 Å². The van der Waals surface area contributed by atoms with Crippen LogP contribution in [0.3, 0.4) is 0 Å². The van der Waals surface area contributed by atoms with Crippen molar-refractivity contribution in [2.75, 3.05) is 19.8 Å². The van der Waals surface area contributed by atoms with Gasteiger partial charge in [-0.05, 0) is 24.1 Å². The normalized spacial score (nSPS) is 10.3. The van der Waals surface area contributed by atoms with Gasteiger partial charge in [-0.3, -0.25) is 0 Å². The SMILES string of the molecule is CCCOCCOc1cccc(CO)c1. The smallest absolute Gasteiger partial charge is 0.119 e. The Morgan fingerprint density at radius 3 is 2.80 bits per heavy atom. The molecule has 3 nitrogen and oxygen atoms in total. The van der Waals surface area contributed by atoms with E-state index in [1.807, 2.05) is 24.3 Å². The van der Waals surface area contributed by atoms with Crippen molar-refractivity contribution < 1.29 is 14.6 Å². The molecule has 1 aromatic carbocycles. The fourth-order valence-corrected chi connectivity index (χ4v) is 1.20. The van der Waals surface area contributed by atoms with Crippen molar-refractivity contribution in [3.63, 3.8) is 0 Å². The second-order valence-corrected chi connectivity index (χ2v) is 3.27. The van der Waals surface area contributed by atoms with Crippen LogP contribution in [0.2, 0.25) is 0 Å². The van der Waals surface area contributed by atoms with Gasteiger partial charge in [0.05, 0.1) is 13.2 Å². The first-order valence-electron chi connectivity index (χ1n) is 5.27. The zero-order valence-electron chi connectivity index (χ0n) is 9.11. The highest BCUT2D eigenvalue weighted by atomic mass is 16.5.